The Kier molecular flexibility index (Phi) is 6.11. The van der Waals surface area contributed by atoms with E-state index in [-0.39, 0.29) is 23.9 Å². The zero-order valence-electron chi connectivity index (χ0n) is 13.6. The van der Waals surface area contributed by atoms with Crippen LogP contribution in [0.5, 0.6) is 0 Å². The molecule has 0 aliphatic rings. The Balaban J connectivity index is 2.18. The Labute approximate surface area is 146 Å². The summed E-state index contributed by atoms with van der Waals surface area (Å²) in [6.45, 7) is 4.39. The van der Waals surface area contributed by atoms with E-state index in [1.54, 1.807) is 12.1 Å². The van der Waals surface area contributed by atoms with Crippen LogP contribution in [-0.4, -0.2) is 27.4 Å². The van der Waals surface area contributed by atoms with Crippen molar-refractivity contribution in [2.24, 2.45) is 5.73 Å². The summed E-state index contributed by atoms with van der Waals surface area (Å²) in [7, 11) is -3.63. The molecule has 1 heterocycles. The van der Waals surface area contributed by atoms with Crippen LogP contribution in [0.15, 0.2) is 35.2 Å². The summed E-state index contributed by atoms with van der Waals surface area (Å²) < 4.78 is 26.6. The third-order valence-corrected chi connectivity index (χ3v) is 6.24. The topological polar surface area (TPSA) is 101 Å². The molecule has 0 saturated heterocycles. The van der Waals surface area contributed by atoms with Crippen molar-refractivity contribution in [2.45, 2.75) is 25.2 Å². The van der Waals surface area contributed by atoms with E-state index in [2.05, 4.69) is 10.0 Å². The number of amides is 1. The van der Waals surface area contributed by atoms with Gasteiger partial charge >= 0.3 is 0 Å². The van der Waals surface area contributed by atoms with Crippen molar-refractivity contribution >= 4 is 33.0 Å². The SMILES string of the molecule is CCc1sc(C(=O)Nc2cccc(S(=O)(=O)NCCN)c2)cc1C. The maximum atomic E-state index is 12.3. The first-order chi connectivity index (χ1) is 11.4. The van der Waals surface area contributed by atoms with Gasteiger partial charge in [-0.1, -0.05) is 13.0 Å². The highest BCUT2D eigenvalue weighted by molar-refractivity contribution is 7.89. The number of hydrogen-bond donors (Lipinski definition) is 3. The van der Waals surface area contributed by atoms with Crippen molar-refractivity contribution < 1.29 is 13.2 Å². The van der Waals surface area contributed by atoms with Crippen LogP contribution < -0.4 is 15.8 Å². The van der Waals surface area contributed by atoms with Gasteiger partial charge in [0.25, 0.3) is 5.91 Å². The van der Waals surface area contributed by atoms with E-state index < -0.39 is 10.0 Å². The van der Waals surface area contributed by atoms with Crippen molar-refractivity contribution in [1.29, 1.82) is 0 Å². The van der Waals surface area contributed by atoms with Crippen LogP contribution in [0.2, 0.25) is 0 Å². The summed E-state index contributed by atoms with van der Waals surface area (Å²) in [5.41, 5.74) is 6.84. The summed E-state index contributed by atoms with van der Waals surface area (Å²) in [6.07, 6.45) is 0.879. The van der Waals surface area contributed by atoms with Gasteiger partial charge in [-0.3, -0.25) is 4.79 Å². The third kappa shape index (κ3) is 4.41. The number of thiophene rings is 1. The molecule has 0 saturated carbocycles. The number of nitrogens with two attached hydrogens (primary N) is 1. The number of hydrogen-bond acceptors (Lipinski definition) is 5. The first-order valence-corrected chi connectivity index (χ1v) is 9.87. The third-order valence-electron chi connectivity index (χ3n) is 3.40. The first-order valence-electron chi connectivity index (χ1n) is 7.58. The molecule has 0 spiro atoms. The lowest BCUT2D eigenvalue weighted by Crippen LogP contribution is -2.29. The maximum Gasteiger partial charge on any atom is 0.265 e. The van der Waals surface area contributed by atoms with Crippen molar-refractivity contribution in [3.63, 3.8) is 0 Å². The van der Waals surface area contributed by atoms with Gasteiger partial charge in [0, 0.05) is 23.7 Å². The largest absolute Gasteiger partial charge is 0.329 e. The molecule has 2 aromatic rings. The molecular weight excluding hydrogens is 346 g/mol. The summed E-state index contributed by atoms with van der Waals surface area (Å²) in [5.74, 6) is -0.243. The molecule has 2 rings (SSSR count). The van der Waals surface area contributed by atoms with Crippen LogP contribution in [0, 0.1) is 6.92 Å². The fraction of sp³-hybridized carbons (Fsp3) is 0.312. The van der Waals surface area contributed by atoms with Gasteiger partial charge in [0.1, 0.15) is 0 Å². The summed E-state index contributed by atoms with van der Waals surface area (Å²) in [6, 6.07) is 7.99. The molecule has 1 aromatic heterocycles. The lowest BCUT2D eigenvalue weighted by molar-refractivity contribution is 0.103. The van der Waals surface area contributed by atoms with Gasteiger partial charge in [-0.2, -0.15) is 0 Å². The zero-order valence-corrected chi connectivity index (χ0v) is 15.3. The molecule has 4 N–H and O–H groups in total. The summed E-state index contributed by atoms with van der Waals surface area (Å²) in [5, 5.41) is 2.75. The molecule has 8 heteroatoms. The second-order valence-corrected chi connectivity index (χ2v) is 8.14. The van der Waals surface area contributed by atoms with Crippen LogP contribution in [-0.2, 0) is 16.4 Å². The fourth-order valence-corrected chi connectivity index (χ4v) is 4.30. The quantitative estimate of drug-likeness (QED) is 0.697. The van der Waals surface area contributed by atoms with Crippen molar-refractivity contribution in [1.82, 2.24) is 4.72 Å². The molecule has 6 nitrogen and oxygen atoms in total. The molecule has 130 valence electrons. The average Bonchev–Trinajstić information content (AvgIpc) is 2.94. The normalized spacial score (nSPS) is 11.5. The molecule has 1 aromatic carbocycles. The van der Waals surface area contributed by atoms with Crippen LogP contribution in [0.3, 0.4) is 0 Å². The number of nitrogens with one attached hydrogen (secondary N) is 2. The number of carbonyl (C=O) groups is 1. The molecular formula is C16H21N3O3S2. The van der Waals surface area contributed by atoms with E-state index in [1.165, 1.54) is 28.3 Å². The predicted octanol–water partition coefficient (Wildman–Crippen LogP) is 2.11. The Bertz CT molecular complexity index is 829. The van der Waals surface area contributed by atoms with Crippen LogP contribution in [0.1, 0.15) is 27.0 Å². The molecule has 0 atom stereocenters. The minimum atomic E-state index is -3.63. The van der Waals surface area contributed by atoms with Crippen LogP contribution in [0.4, 0.5) is 5.69 Å². The number of sulfonamides is 1. The van der Waals surface area contributed by atoms with Gasteiger partial charge < -0.3 is 11.1 Å². The molecule has 0 bridgehead atoms. The number of rotatable bonds is 7. The minimum absolute atomic E-state index is 0.0883. The molecule has 0 aliphatic heterocycles. The first kappa shape index (κ1) is 18.6. The van der Waals surface area contributed by atoms with E-state index >= 15 is 0 Å². The number of benzene rings is 1. The minimum Gasteiger partial charge on any atom is -0.329 e. The highest BCUT2D eigenvalue weighted by Crippen LogP contribution is 2.24. The molecule has 0 unspecified atom stereocenters. The van der Waals surface area contributed by atoms with E-state index in [0.29, 0.717) is 10.6 Å². The number of aryl methyl sites for hydroxylation is 2. The van der Waals surface area contributed by atoms with E-state index in [9.17, 15) is 13.2 Å². The standard InChI is InChI=1S/C16H21N3O3S2/c1-3-14-11(2)9-15(23-14)16(20)19-12-5-4-6-13(10-12)24(21,22)18-8-7-17/h4-6,9-10,18H,3,7-8,17H2,1-2H3,(H,19,20). The van der Waals surface area contributed by atoms with Gasteiger partial charge in [0.15, 0.2) is 0 Å². The van der Waals surface area contributed by atoms with Crippen molar-refractivity contribution in [2.75, 3.05) is 18.4 Å². The van der Waals surface area contributed by atoms with Gasteiger partial charge in [-0.25, -0.2) is 13.1 Å². The Morgan fingerprint density at radius 1 is 1.29 bits per heavy atom. The number of carbonyl (C=O) groups excluding carboxylic acids is 1. The fourth-order valence-electron chi connectivity index (χ4n) is 2.19. The monoisotopic (exact) mass is 367 g/mol. The van der Waals surface area contributed by atoms with Gasteiger partial charge in [-0.15, -0.1) is 11.3 Å². The molecule has 0 aliphatic carbocycles. The Morgan fingerprint density at radius 2 is 2.04 bits per heavy atom. The zero-order chi connectivity index (χ0) is 17.7. The second-order valence-electron chi connectivity index (χ2n) is 5.24. The lowest BCUT2D eigenvalue weighted by Gasteiger charge is -2.08. The highest BCUT2D eigenvalue weighted by atomic mass is 32.2. The van der Waals surface area contributed by atoms with Crippen LogP contribution >= 0.6 is 11.3 Å². The second kappa shape index (κ2) is 7.89. The Morgan fingerprint density at radius 3 is 2.67 bits per heavy atom. The van der Waals surface area contributed by atoms with E-state index in [4.69, 9.17) is 5.73 Å². The molecule has 0 radical (unpaired) electrons. The van der Waals surface area contributed by atoms with Gasteiger partial charge in [0.05, 0.1) is 9.77 Å². The number of anilines is 1. The Hall–Kier alpha value is -1.74. The molecule has 1 amide bonds. The van der Waals surface area contributed by atoms with E-state index in [0.717, 1.165) is 12.0 Å². The smallest absolute Gasteiger partial charge is 0.265 e. The highest BCUT2D eigenvalue weighted by Gasteiger charge is 2.15. The summed E-state index contributed by atoms with van der Waals surface area (Å²) >= 11 is 1.45. The average molecular weight is 367 g/mol. The predicted molar refractivity (Wildman–Crippen MR) is 97.1 cm³/mol. The molecule has 24 heavy (non-hydrogen) atoms. The van der Waals surface area contributed by atoms with Crippen LogP contribution in [0.25, 0.3) is 0 Å². The lowest BCUT2D eigenvalue weighted by atomic mass is 10.2. The van der Waals surface area contributed by atoms with Gasteiger partial charge in [-0.05, 0) is 43.2 Å². The van der Waals surface area contributed by atoms with E-state index in [1.807, 2.05) is 19.9 Å². The summed E-state index contributed by atoms with van der Waals surface area (Å²) in [4.78, 5) is 14.2. The van der Waals surface area contributed by atoms with Crippen molar-refractivity contribution in [3.8, 4) is 0 Å². The van der Waals surface area contributed by atoms with Gasteiger partial charge in [0.2, 0.25) is 10.0 Å². The molecule has 0 fully saturated rings. The maximum absolute atomic E-state index is 12.3. The van der Waals surface area contributed by atoms with Crippen molar-refractivity contribution in [3.05, 3.63) is 45.6 Å².